The molecule has 0 aromatic heterocycles. The Morgan fingerprint density at radius 3 is 2.76 bits per heavy atom. The van der Waals surface area contributed by atoms with Gasteiger partial charge in [-0.25, -0.2) is 9.18 Å². The van der Waals surface area contributed by atoms with E-state index in [1.807, 2.05) is 0 Å². The number of hydrogen-bond donors (Lipinski definition) is 1. The number of anilines is 1. The summed E-state index contributed by atoms with van der Waals surface area (Å²) >= 11 is 3.17. The number of nitrogens with one attached hydrogen (secondary N) is 1. The number of halogens is 3. The number of nitrogens with zero attached hydrogens (tertiary/aromatic N) is 1. The summed E-state index contributed by atoms with van der Waals surface area (Å²) in [6, 6.07) is 4.44. The van der Waals surface area contributed by atoms with Gasteiger partial charge in [0.1, 0.15) is 17.2 Å². The number of allylic oxidation sites excluding steroid dienone is 2. The van der Waals surface area contributed by atoms with Crippen LogP contribution >= 0.6 is 28.3 Å². The van der Waals surface area contributed by atoms with Crippen molar-refractivity contribution >= 4 is 45.8 Å². The number of benzene rings is 1. The van der Waals surface area contributed by atoms with Crippen molar-refractivity contribution in [1.82, 2.24) is 5.32 Å². The van der Waals surface area contributed by atoms with E-state index in [2.05, 4.69) is 21.2 Å². The number of Topliss-reactive ketones (excluding diaryl/α,β-unsaturated/α-hetero) is 1. The van der Waals surface area contributed by atoms with Gasteiger partial charge in [0.25, 0.3) is 0 Å². The van der Waals surface area contributed by atoms with E-state index in [-0.39, 0.29) is 22.7 Å². The predicted octanol–water partition coefficient (Wildman–Crippen LogP) is 3.20. The van der Waals surface area contributed by atoms with Crippen molar-refractivity contribution in [3.63, 3.8) is 0 Å². The maximum atomic E-state index is 13.6. The second kappa shape index (κ2) is 6.80. The molecule has 0 spiro atoms. The first-order chi connectivity index (χ1) is 11.6. The van der Waals surface area contributed by atoms with Gasteiger partial charge in [0.15, 0.2) is 5.78 Å². The lowest BCUT2D eigenvalue weighted by Crippen LogP contribution is -2.43. The van der Waals surface area contributed by atoms with Crippen molar-refractivity contribution in [2.75, 3.05) is 18.1 Å². The Bertz CT molecular complexity index is 795. The standard InChI is InChI=1S/C17H14BrFN2O3.ClH/c18-11-8-10(1-2-12(11)19)21-15-9(4-6-24-17(15)23)7-13-16(21)14(22)3-5-20-13;/h1-2,8,20H,3-7H2;1H. The molecule has 1 aromatic rings. The Labute approximate surface area is 158 Å². The van der Waals surface area contributed by atoms with Gasteiger partial charge < -0.3 is 10.1 Å². The maximum Gasteiger partial charge on any atom is 0.355 e. The molecule has 4 rings (SSSR count). The Balaban J connectivity index is 0.00000182. The average Bonchev–Trinajstić information content (AvgIpc) is 2.56. The highest BCUT2D eigenvalue weighted by molar-refractivity contribution is 9.10. The fourth-order valence-electron chi connectivity index (χ4n) is 3.33. The van der Waals surface area contributed by atoms with Gasteiger partial charge in [-0.3, -0.25) is 9.69 Å². The molecule has 0 saturated heterocycles. The van der Waals surface area contributed by atoms with Crippen LogP contribution in [0.5, 0.6) is 0 Å². The minimum Gasteiger partial charge on any atom is -0.461 e. The minimum atomic E-state index is -0.443. The van der Waals surface area contributed by atoms with Crippen LogP contribution in [0.3, 0.4) is 0 Å². The number of esters is 1. The molecule has 132 valence electrons. The Morgan fingerprint density at radius 2 is 2.00 bits per heavy atom. The van der Waals surface area contributed by atoms with E-state index >= 15 is 0 Å². The van der Waals surface area contributed by atoms with Crippen molar-refractivity contribution in [3.8, 4) is 0 Å². The number of cyclic esters (lactones) is 1. The largest absolute Gasteiger partial charge is 0.461 e. The molecule has 3 heterocycles. The van der Waals surface area contributed by atoms with Gasteiger partial charge in [-0.15, -0.1) is 12.4 Å². The first-order valence-corrected chi connectivity index (χ1v) is 8.50. The van der Waals surface area contributed by atoms with Crippen LogP contribution in [0, 0.1) is 5.82 Å². The highest BCUT2D eigenvalue weighted by atomic mass is 79.9. The molecular formula is C17H15BrClFN2O3. The lowest BCUT2D eigenvalue weighted by atomic mass is 9.92. The summed E-state index contributed by atoms with van der Waals surface area (Å²) in [6.07, 6.45) is 1.53. The molecule has 0 radical (unpaired) electrons. The first kappa shape index (κ1) is 17.9. The van der Waals surface area contributed by atoms with E-state index in [1.165, 1.54) is 6.07 Å². The van der Waals surface area contributed by atoms with Gasteiger partial charge in [0, 0.05) is 37.2 Å². The van der Waals surface area contributed by atoms with Gasteiger partial charge in [0.2, 0.25) is 0 Å². The number of carbonyl (C=O) groups is 2. The van der Waals surface area contributed by atoms with E-state index < -0.39 is 11.8 Å². The SMILES string of the molecule is Cl.O=C1CCNC2=C1N(c1ccc(F)c(Br)c1)C1=C(CCOC1=O)C2. The number of rotatable bonds is 1. The molecular weight excluding hydrogens is 415 g/mol. The fourth-order valence-corrected chi connectivity index (χ4v) is 3.70. The highest BCUT2D eigenvalue weighted by Crippen LogP contribution is 2.40. The molecule has 1 N–H and O–H groups in total. The molecule has 0 aliphatic carbocycles. The van der Waals surface area contributed by atoms with Crippen molar-refractivity contribution in [2.45, 2.75) is 19.3 Å². The molecule has 1 aromatic carbocycles. The topological polar surface area (TPSA) is 58.6 Å². The van der Waals surface area contributed by atoms with Crippen LogP contribution in [0.25, 0.3) is 0 Å². The number of hydrogen-bond acceptors (Lipinski definition) is 5. The predicted molar refractivity (Wildman–Crippen MR) is 95.7 cm³/mol. The van der Waals surface area contributed by atoms with E-state index in [1.54, 1.807) is 17.0 Å². The van der Waals surface area contributed by atoms with Gasteiger partial charge >= 0.3 is 5.97 Å². The first-order valence-electron chi connectivity index (χ1n) is 7.71. The third-order valence-electron chi connectivity index (χ3n) is 4.40. The summed E-state index contributed by atoms with van der Waals surface area (Å²) in [5, 5.41) is 3.27. The van der Waals surface area contributed by atoms with Crippen molar-refractivity contribution < 1.29 is 18.7 Å². The highest BCUT2D eigenvalue weighted by Gasteiger charge is 2.39. The Kier molecular flexibility index (Phi) is 4.88. The van der Waals surface area contributed by atoms with E-state index in [0.717, 1.165) is 11.3 Å². The van der Waals surface area contributed by atoms with E-state index in [0.29, 0.717) is 49.5 Å². The fraction of sp³-hybridized carbons (Fsp3) is 0.294. The maximum absolute atomic E-state index is 13.6. The van der Waals surface area contributed by atoms with Crippen molar-refractivity contribution in [2.24, 2.45) is 0 Å². The van der Waals surface area contributed by atoms with Crippen LogP contribution < -0.4 is 10.2 Å². The zero-order valence-electron chi connectivity index (χ0n) is 13.1. The number of ketones is 1. The molecule has 3 aliphatic heterocycles. The zero-order chi connectivity index (χ0) is 16.8. The molecule has 0 bridgehead atoms. The van der Waals surface area contributed by atoms with Crippen LogP contribution in [0.1, 0.15) is 19.3 Å². The number of ether oxygens (including phenoxy) is 1. The van der Waals surface area contributed by atoms with E-state index in [9.17, 15) is 14.0 Å². The van der Waals surface area contributed by atoms with Gasteiger partial charge in [0.05, 0.1) is 11.1 Å². The summed E-state index contributed by atoms with van der Waals surface area (Å²) in [4.78, 5) is 26.5. The minimum absolute atomic E-state index is 0. The second-order valence-corrected chi connectivity index (χ2v) is 6.73. The third-order valence-corrected chi connectivity index (χ3v) is 5.01. The summed E-state index contributed by atoms with van der Waals surface area (Å²) in [7, 11) is 0. The lowest BCUT2D eigenvalue weighted by molar-refractivity contribution is -0.140. The molecule has 0 fully saturated rings. The van der Waals surface area contributed by atoms with Crippen LogP contribution in [-0.2, 0) is 14.3 Å². The second-order valence-electron chi connectivity index (χ2n) is 5.88. The number of carbonyl (C=O) groups excluding carboxylic acids is 2. The quantitative estimate of drug-likeness (QED) is 0.695. The molecule has 5 nitrogen and oxygen atoms in total. The Morgan fingerprint density at radius 1 is 1.20 bits per heavy atom. The normalized spacial score (nSPS) is 19.7. The van der Waals surface area contributed by atoms with Gasteiger partial charge in [-0.05, 0) is 39.7 Å². The summed E-state index contributed by atoms with van der Waals surface area (Å²) < 4.78 is 19.1. The van der Waals surface area contributed by atoms with Crippen LogP contribution in [-0.4, -0.2) is 24.9 Å². The third kappa shape index (κ3) is 2.95. The molecule has 0 saturated carbocycles. The smallest absolute Gasteiger partial charge is 0.355 e. The summed E-state index contributed by atoms with van der Waals surface area (Å²) in [6.45, 7) is 0.931. The molecule has 0 unspecified atom stereocenters. The van der Waals surface area contributed by atoms with Gasteiger partial charge in [-0.1, -0.05) is 0 Å². The molecule has 3 aliphatic rings. The lowest BCUT2D eigenvalue weighted by Gasteiger charge is -2.39. The van der Waals surface area contributed by atoms with Crippen LogP contribution in [0.2, 0.25) is 0 Å². The van der Waals surface area contributed by atoms with E-state index in [4.69, 9.17) is 4.74 Å². The Hall–Kier alpha value is -1.86. The average molecular weight is 430 g/mol. The zero-order valence-corrected chi connectivity index (χ0v) is 15.5. The van der Waals surface area contributed by atoms with Crippen molar-refractivity contribution in [1.29, 1.82) is 0 Å². The summed E-state index contributed by atoms with van der Waals surface area (Å²) in [5.74, 6) is -0.880. The molecule has 25 heavy (non-hydrogen) atoms. The molecule has 0 amide bonds. The monoisotopic (exact) mass is 428 g/mol. The summed E-state index contributed by atoms with van der Waals surface area (Å²) in [5.41, 5.74) is 3.15. The molecule has 0 atom stereocenters. The van der Waals surface area contributed by atoms with Crippen LogP contribution in [0.15, 0.2) is 45.3 Å². The van der Waals surface area contributed by atoms with Crippen molar-refractivity contribution in [3.05, 3.63) is 51.2 Å². The molecule has 8 heteroatoms. The van der Waals surface area contributed by atoms with Crippen LogP contribution in [0.4, 0.5) is 10.1 Å². The van der Waals surface area contributed by atoms with Gasteiger partial charge in [-0.2, -0.15) is 0 Å².